The van der Waals surface area contributed by atoms with Crippen LogP contribution in [0.25, 0.3) is 0 Å². The molecule has 0 amide bonds. The van der Waals surface area contributed by atoms with Gasteiger partial charge in [-0.05, 0) is 24.2 Å². The summed E-state index contributed by atoms with van der Waals surface area (Å²) in [5.41, 5.74) is 0. The molecule has 0 radical (unpaired) electrons. The van der Waals surface area contributed by atoms with Crippen molar-refractivity contribution < 1.29 is 9.90 Å². The van der Waals surface area contributed by atoms with Gasteiger partial charge in [-0.1, -0.05) is 72.6 Å². The Balaban J connectivity index is 3.29. The molecule has 2 nitrogen and oxygen atoms in total. The molecule has 0 aromatic carbocycles. The van der Waals surface area contributed by atoms with Gasteiger partial charge in [0, 0.05) is 6.42 Å². The van der Waals surface area contributed by atoms with Gasteiger partial charge in [0.2, 0.25) is 0 Å². The van der Waals surface area contributed by atoms with Crippen LogP contribution >= 0.6 is 0 Å². The van der Waals surface area contributed by atoms with Crippen LogP contribution in [0.3, 0.4) is 0 Å². The molecule has 0 spiro atoms. The lowest BCUT2D eigenvalue weighted by Crippen LogP contribution is -2.14. The van der Waals surface area contributed by atoms with Gasteiger partial charge in [0.15, 0.2) is 0 Å². The molecular formula is C17H34O2. The first-order valence-corrected chi connectivity index (χ1v) is 8.17. The Kier molecular flexibility index (Phi) is 11.0. The summed E-state index contributed by atoms with van der Waals surface area (Å²) in [6.07, 6.45) is 10.1. The Morgan fingerprint density at radius 3 is 1.79 bits per heavy atom. The molecule has 2 heteroatoms. The molecule has 0 aliphatic rings. The number of carboxylic acids is 1. The van der Waals surface area contributed by atoms with E-state index in [2.05, 4.69) is 27.7 Å². The first kappa shape index (κ1) is 18.5. The number of hydrogen-bond acceptors (Lipinski definition) is 1. The molecule has 0 fully saturated rings. The van der Waals surface area contributed by atoms with E-state index in [1.54, 1.807) is 0 Å². The largest absolute Gasteiger partial charge is 0.481 e. The van der Waals surface area contributed by atoms with E-state index in [9.17, 15) is 4.79 Å². The topological polar surface area (TPSA) is 37.3 Å². The third kappa shape index (κ3) is 11.0. The van der Waals surface area contributed by atoms with Crippen LogP contribution < -0.4 is 0 Å². The van der Waals surface area contributed by atoms with Gasteiger partial charge >= 0.3 is 5.97 Å². The van der Waals surface area contributed by atoms with Crippen LogP contribution in [-0.2, 0) is 4.79 Å². The highest BCUT2D eigenvalue weighted by molar-refractivity contribution is 5.66. The molecule has 0 saturated heterocycles. The van der Waals surface area contributed by atoms with Gasteiger partial charge in [-0.25, -0.2) is 0 Å². The summed E-state index contributed by atoms with van der Waals surface area (Å²) in [5, 5.41) is 8.52. The molecule has 114 valence electrons. The summed E-state index contributed by atoms with van der Waals surface area (Å²) in [6.45, 7) is 9.39. The maximum absolute atomic E-state index is 10.3. The van der Waals surface area contributed by atoms with Crippen LogP contribution in [0.2, 0.25) is 0 Å². The van der Waals surface area contributed by atoms with Crippen molar-refractivity contribution in [1.29, 1.82) is 0 Å². The lowest BCUT2D eigenvalue weighted by molar-refractivity contribution is -0.137. The molecule has 2 unspecified atom stereocenters. The molecule has 0 aliphatic carbocycles. The van der Waals surface area contributed by atoms with E-state index >= 15 is 0 Å². The van der Waals surface area contributed by atoms with E-state index in [1.807, 2.05) is 0 Å². The molecule has 0 aliphatic heterocycles. The zero-order chi connectivity index (χ0) is 14.7. The quantitative estimate of drug-likeness (QED) is 0.475. The van der Waals surface area contributed by atoms with E-state index in [4.69, 9.17) is 5.11 Å². The zero-order valence-corrected chi connectivity index (χ0v) is 13.5. The Morgan fingerprint density at radius 1 is 0.842 bits per heavy atom. The van der Waals surface area contributed by atoms with E-state index in [1.165, 1.54) is 38.5 Å². The fourth-order valence-corrected chi connectivity index (χ4v) is 2.55. The summed E-state index contributed by atoms with van der Waals surface area (Å²) >= 11 is 0. The average Bonchev–Trinajstić information content (AvgIpc) is 2.35. The first-order chi connectivity index (χ1) is 8.95. The minimum absolute atomic E-state index is 0.338. The molecule has 0 rings (SSSR count). The van der Waals surface area contributed by atoms with E-state index in [0.29, 0.717) is 6.42 Å². The van der Waals surface area contributed by atoms with Crippen molar-refractivity contribution in [3.63, 3.8) is 0 Å². The highest BCUT2D eigenvalue weighted by Crippen LogP contribution is 2.25. The van der Waals surface area contributed by atoms with Gasteiger partial charge in [0.1, 0.15) is 0 Å². The number of carbonyl (C=O) groups is 1. The second kappa shape index (κ2) is 11.3. The number of rotatable bonds is 12. The number of carboxylic acid groups (broad SMARTS) is 1. The summed E-state index contributed by atoms with van der Waals surface area (Å²) in [4.78, 5) is 10.3. The predicted octanol–water partition coefficient (Wildman–Crippen LogP) is 5.51. The molecule has 0 heterocycles. The highest BCUT2D eigenvalue weighted by atomic mass is 16.4. The van der Waals surface area contributed by atoms with Crippen molar-refractivity contribution in [2.24, 2.45) is 17.8 Å². The van der Waals surface area contributed by atoms with Gasteiger partial charge in [0.25, 0.3) is 0 Å². The van der Waals surface area contributed by atoms with Crippen LogP contribution in [0.4, 0.5) is 0 Å². The van der Waals surface area contributed by atoms with E-state index < -0.39 is 5.97 Å². The Morgan fingerprint density at radius 2 is 1.32 bits per heavy atom. The number of aliphatic carboxylic acids is 1. The molecule has 0 aromatic rings. The normalized spacial score (nSPS) is 14.6. The van der Waals surface area contributed by atoms with Gasteiger partial charge in [-0.2, -0.15) is 0 Å². The molecule has 1 N–H and O–H groups in total. The Bertz CT molecular complexity index is 223. The van der Waals surface area contributed by atoms with Gasteiger partial charge < -0.3 is 5.11 Å². The average molecular weight is 270 g/mol. The van der Waals surface area contributed by atoms with Crippen LogP contribution in [-0.4, -0.2) is 11.1 Å². The first-order valence-electron chi connectivity index (χ1n) is 8.17. The van der Waals surface area contributed by atoms with Crippen molar-refractivity contribution in [1.82, 2.24) is 0 Å². The van der Waals surface area contributed by atoms with Crippen LogP contribution in [0.15, 0.2) is 0 Å². The van der Waals surface area contributed by atoms with Crippen LogP contribution in [0.1, 0.15) is 85.5 Å². The third-order valence-corrected chi connectivity index (χ3v) is 4.50. The van der Waals surface area contributed by atoms with Crippen LogP contribution in [0.5, 0.6) is 0 Å². The molecule has 0 bridgehead atoms. The highest BCUT2D eigenvalue weighted by Gasteiger charge is 2.14. The summed E-state index contributed by atoms with van der Waals surface area (Å²) in [7, 11) is 0. The minimum atomic E-state index is -0.659. The molecule has 2 atom stereocenters. The smallest absolute Gasteiger partial charge is 0.303 e. The standard InChI is InChI=1S/C17H34O2/c1-14(2)16(4)15(3)12-10-8-6-5-7-9-11-13-17(18)19/h14-16H,5-13H2,1-4H3,(H,18,19). The second-order valence-corrected chi connectivity index (χ2v) is 6.49. The van der Waals surface area contributed by atoms with Crippen LogP contribution in [0, 0.1) is 17.8 Å². The zero-order valence-electron chi connectivity index (χ0n) is 13.5. The van der Waals surface area contributed by atoms with Gasteiger partial charge in [0.05, 0.1) is 0 Å². The number of hydrogen-bond donors (Lipinski definition) is 1. The molecule has 0 aromatic heterocycles. The molecule has 19 heavy (non-hydrogen) atoms. The SMILES string of the molecule is CC(C)C(C)C(C)CCCCCCCCCC(=O)O. The Hall–Kier alpha value is -0.530. The lowest BCUT2D eigenvalue weighted by atomic mass is 9.83. The lowest BCUT2D eigenvalue weighted by Gasteiger charge is -2.23. The summed E-state index contributed by atoms with van der Waals surface area (Å²) in [5.74, 6) is 1.81. The van der Waals surface area contributed by atoms with Crippen molar-refractivity contribution in [2.75, 3.05) is 0 Å². The van der Waals surface area contributed by atoms with E-state index in [0.717, 1.165) is 30.6 Å². The minimum Gasteiger partial charge on any atom is -0.481 e. The van der Waals surface area contributed by atoms with E-state index in [-0.39, 0.29) is 0 Å². The van der Waals surface area contributed by atoms with Gasteiger partial charge in [-0.3, -0.25) is 4.79 Å². The van der Waals surface area contributed by atoms with Gasteiger partial charge in [-0.15, -0.1) is 0 Å². The fraction of sp³-hybridized carbons (Fsp3) is 0.941. The summed E-state index contributed by atoms with van der Waals surface area (Å²) in [6, 6.07) is 0. The van der Waals surface area contributed by atoms with Crippen molar-refractivity contribution in [2.45, 2.75) is 85.5 Å². The number of unbranched alkanes of at least 4 members (excludes halogenated alkanes) is 6. The maximum Gasteiger partial charge on any atom is 0.303 e. The second-order valence-electron chi connectivity index (χ2n) is 6.49. The summed E-state index contributed by atoms with van der Waals surface area (Å²) < 4.78 is 0. The van der Waals surface area contributed by atoms with Crippen molar-refractivity contribution in [3.05, 3.63) is 0 Å². The monoisotopic (exact) mass is 270 g/mol. The Labute approximate surface area is 120 Å². The maximum atomic E-state index is 10.3. The van der Waals surface area contributed by atoms with Crippen molar-refractivity contribution in [3.8, 4) is 0 Å². The predicted molar refractivity (Wildman–Crippen MR) is 82.4 cm³/mol. The fourth-order valence-electron chi connectivity index (χ4n) is 2.55. The molecule has 0 saturated carbocycles. The molecular weight excluding hydrogens is 236 g/mol. The van der Waals surface area contributed by atoms with Crippen molar-refractivity contribution >= 4 is 5.97 Å². The third-order valence-electron chi connectivity index (χ3n) is 4.50.